The molecular weight excluding hydrogens is 403 g/mol. The van der Waals surface area contributed by atoms with Gasteiger partial charge in [-0.05, 0) is 42.7 Å². The van der Waals surface area contributed by atoms with Crippen LogP contribution in [0.15, 0.2) is 69.4 Å². The number of carbonyl (C=O) groups is 1. The van der Waals surface area contributed by atoms with E-state index in [1.165, 1.54) is 0 Å². The Morgan fingerprint density at radius 1 is 1.18 bits per heavy atom. The highest BCUT2D eigenvalue weighted by Gasteiger charge is 2.29. The van der Waals surface area contributed by atoms with Gasteiger partial charge in [0.2, 0.25) is 15.7 Å². The van der Waals surface area contributed by atoms with Crippen LogP contribution >= 0.6 is 11.8 Å². The first-order valence-electron chi connectivity index (χ1n) is 8.08. The first-order chi connectivity index (χ1) is 13.3. The Bertz CT molecular complexity index is 1100. The molecule has 0 aliphatic heterocycles. The summed E-state index contributed by atoms with van der Waals surface area (Å²) in [4.78, 5) is 12.0. The van der Waals surface area contributed by atoms with Gasteiger partial charge >= 0.3 is 0 Å². The maximum absolute atomic E-state index is 13.1. The molecule has 3 rings (SSSR count). The van der Waals surface area contributed by atoms with Crippen LogP contribution in [0.25, 0.3) is 0 Å². The fraction of sp³-hybridized carbons (Fsp3) is 0.111. The molecule has 1 heterocycles. The first kappa shape index (κ1) is 19.9. The third-order valence-corrected chi connectivity index (χ3v) is 6.49. The number of benzene rings is 2. The molecule has 7 nitrogen and oxygen atoms in total. The molecule has 146 valence electrons. The molecular formula is C18H17FN4O3S2. The molecule has 0 aliphatic carbocycles. The van der Waals surface area contributed by atoms with E-state index in [9.17, 15) is 17.6 Å². The van der Waals surface area contributed by atoms with Crippen molar-refractivity contribution >= 4 is 39.0 Å². The Kier molecular flexibility index (Phi) is 5.71. The average molecular weight is 420 g/mol. The molecule has 10 heteroatoms. The highest BCUT2D eigenvalue weighted by molar-refractivity contribution is 7.99. The summed E-state index contributed by atoms with van der Waals surface area (Å²) >= 11 is 1.09. The number of aromatic nitrogens is 2. The minimum absolute atomic E-state index is 0.107. The molecule has 0 bridgehead atoms. The molecule has 1 amide bonds. The number of sulfone groups is 1. The van der Waals surface area contributed by atoms with Gasteiger partial charge in [0.15, 0.2) is 0 Å². The summed E-state index contributed by atoms with van der Waals surface area (Å²) in [5.41, 5.74) is 6.63. The van der Waals surface area contributed by atoms with Crippen LogP contribution in [-0.4, -0.2) is 30.4 Å². The predicted octanol–water partition coefficient (Wildman–Crippen LogP) is 2.80. The van der Waals surface area contributed by atoms with Crippen molar-refractivity contribution in [2.45, 2.75) is 21.4 Å². The second-order valence-electron chi connectivity index (χ2n) is 5.75. The molecule has 0 spiro atoms. The first-order valence-corrected chi connectivity index (χ1v) is 10.8. The van der Waals surface area contributed by atoms with E-state index in [-0.39, 0.29) is 27.2 Å². The van der Waals surface area contributed by atoms with Crippen LogP contribution in [0, 0.1) is 5.82 Å². The minimum atomic E-state index is -4.03. The number of hydrogen-bond acceptors (Lipinski definition) is 6. The number of amides is 1. The summed E-state index contributed by atoms with van der Waals surface area (Å²) in [5, 5.41) is 7.01. The number of nitrogens with zero attached hydrogens (tertiary/aromatic N) is 2. The number of anilines is 2. The minimum Gasteiger partial charge on any atom is -0.383 e. The lowest BCUT2D eigenvalue weighted by atomic mass is 10.3. The van der Waals surface area contributed by atoms with E-state index in [4.69, 9.17) is 5.73 Å². The Hall–Kier alpha value is -2.85. The summed E-state index contributed by atoms with van der Waals surface area (Å²) in [6, 6.07) is 13.2. The van der Waals surface area contributed by atoms with Crippen molar-refractivity contribution in [2.24, 2.45) is 0 Å². The molecule has 0 radical (unpaired) electrons. The zero-order valence-corrected chi connectivity index (χ0v) is 16.4. The molecule has 1 aromatic heterocycles. The summed E-state index contributed by atoms with van der Waals surface area (Å²) < 4.78 is 40.2. The van der Waals surface area contributed by atoms with Gasteiger partial charge in [0.25, 0.3) is 0 Å². The van der Waals surface area contributed by atoms with Gasteiger partial charge in [0.05, 0.1) is 4.90 Å². The lowest BCUT2D eigenvalue weighted by Gasteiger charge is -2.07. The third kappa shape index (κ3) is 4.02. The van der Waals surface area contributed by atoms with E-state index in [0.717, 1.165) is 40.7 Å². The van der Waals surface area contributed by atoms with Gasteiger partial charge < -0.3 is 11.1 Å². The number of para-hydroxylation sites is 1. The highest BCUT2D eigenvalue weighted by atomic mass is 32.2. The topological polar surface area (TPSA) is 107 Å². The fourth-order valence-electron chi connectivity index (χ4n) is 2.53. The van der Waals surface area contributed by atoms with E-state index in [1.807, 2.05) is 6.07 Å². The van der Waals surface area contributed by atoms with Crippen LogP contribution in [0.2, 0.25) is 0 Å². The number of nitrogens with one attached hydrogen (secondary N) is 1. The monoisotopic (exact) mass is 420 g/mol. The number of halogens is 1. The molecule has 2 aromatic carbocycles. The number of hydrogen-bond donors (Lipinski definition) is 2. The highest BCUT2D eigenvalue weighted by Crippen LogP contribution is 2.34. The van der Waals surface area contributed by atoms with Crippen molar-refractivity contribution in [1.82, 2.24) is 9.78 Å². The largest absolute Gasteiger partial charge is 0.383 e. The smallest absolute Gasteiger partial charge is 0.246 e. The van der Waals surface area contributed by atoms with E-state index >= 15 is 0 Å². The summed E-state index contributed by atoms with van der Waals surface area (Å²) in [6.07, 6.45) is 1.65. The second-order valence-corrected chi connectivity index (χ2v) is 8.43. The van der Waals surface area contributed by atoms with Crippen LogP contribution < -0.4 is 11.1 Å². The maximum Gasteiger partial charge on any atom is 0.246 e. The van der Waals surface area contributed by atoms with Gasteiger partial charge in [-0.3, -0.25) is 4.79 Å². The van der Waals surface area contributed by atoms with Crippen molar-refractivity contribution in [2.75, 3.05) is 17.3 Å². The summed E-state index contributed by atoms with van der Waals surface area (Å²) in [7, 11) is -4.03. The van der Waals surface area contributed by atoms with Crippen LogP contribution in [0.3, 0.4) is 0 Å². The Balaban J connectivity index is 1.93. The Labute approximate surface area is 165 Å². The molecule has 3 aromatic rings. The quantitative estimate of drug-likeness (QED) is 0.469. The number of nitrogens with two attached hydrogens (primary N) is 1. The van der Waals surface area contributed by atoms with E-state index in [0.29, 0.717) is 5.69 Å². The van der Waals surface area contributed by atoms with Crippen molar-refractivity contribution in [3.05, 3.63) is 60.4 Å². The summed E-state index contributed by atoms with van der Waals surface area (Å²) in [6.45, 7) is -0.257. The van der Waals surface area contributed by atoms with Gasteiger partial charge in [-0.25, -0.2) is 17.5 Å². The van der Waals surface area contributed by atoms with E-state index in [2.05, 4.69) is 10.4 Å². The number of nitrogen functional groups attached to an aromatic ring is 1. The Morgan fingerprint density at radius 3 is 2.43 bits per heavy atom. The molecule has 0 atom stereocenters. The molecule has 3 N–H and O–H groups in total. The molecule has 0 saturated carbocycles. The van der Waals surface area contributed by atoms with Gasteiger partial charge in [-0.2, -0.15) is 5.10 Å². The van der Waals surface area contributed by atoms with E-state index in [1.54, 1.807) is 30.5 Å². The van der Waals surface area contributed by atoms with Crippen LogP contribution in [-0.2, 0) is 21.2 Å². The van der Waals surface area contributed by atoms with Crippen LogP contribution in [0.5, 0.6) is 0 Å². The number of rotatable bonds is 6. The predicted molar refractivity (Wildman–Crippen MR) is 105 cm³/mol. The Morgan fingerprint density at radius 2 is 1.82 bits per heavy atom. The fourth-order valence-corrected chi connectivity index (χ4v) is 4.96. The van der Waals surface area contributed by atoms with Crippen molar-refractivity contribution in [3.63, 3.8) is 0 Å². The summed E-state index contributed by atoms with van der Waals surface area (Å²) in [5.74, 6) is -1.11. The average Bonchev–Trinajstić information content (AvgIpc) is 2.99. The van der Waals surface area contributed by atoms with Crippen molar-refractivity contribution in [1.29, 1.82) is 0 Å². The zero-order chi connectivity index (χ0) is 20.3. The van der Waals surface area contributed by atoms with Gasteiger partial charge in [0, 0.05) is 5.69 Å². The molecule has 0 saturated heterocycles. The van der Waals surface area contributed by atoms with Crippen LogP contribution in [0.4, 0.5) is 15.9 Å². The lowest BCUT2D eigenvalue weighted by Crippen LogP contribution is -2.21. The molecule has 0 fully saturated rings. The zero-order valence-electron chi connectivity index (χ0n) is 14.8. The van der Waals surface area contributed by atoms with Crippen molar-refractivity contribution < 1.29 is 17.6 Å². The molecule has 28 heavy (non-hydrogen) atoms. The lowest BCUT2D eigenvalue weighted by molar-refractivity contribution is -0.116. The number of thioether (sulfide) groups is 1. The maximum atomic E-state index is 13.1. The van der Waals surface area contributed by atoms with Crippen molar-refractivity contribution in [3.8, 4) is 0 Å². The molecule has 0 aliphatic rings. The van der Waals surface area contributed by atoms with Gasteiger partial charge in [-0.1, -0.05) is 18.2 Å². The molecule has 0 unspecified atom stereocenters. The number of carbonyl (C=O) groups excluding carboxylic acids is 1. The normalized spacial score (nSPS) is 11.4. The van der Waals surface area contributed by atoms with Gasteiger partial charge in [-0.15, -0.1) is 11.8 Å². The standard InChI is InChI=1S/C18H17FN4O3S2/c1-27-18-16(28(25,26)14-9-7-12(19)8-10-14)17(20)23(22-18)11-15(24)21-13-5-3-2-4-6-13/h2-10H,11,20H2,1H3,(H,21,24). The van der Waals surface area contributed by atoms with E-state index < -0.39 is 21.6 Å². The van der Waals surface area contributed by atoms with Gasteiger partial charge in [0.1, 0.15) is 28.1 Å². The SMILES string of the molecule is CSc1nn(CC(=O)Nc2ccccc2)c(N)c1S(=O)(=O)c1ccc(F)cc1. The second kappa shape index (κ2) is 8.03. The third-order valence-electron chi connectivity index (χ3n) is 3.85. The van der Waals surface area contributed by atoms with Crippen LogP contribution in [0.1, 0.15) is 0 Å².